The SMILES string of the molecule is CCCC(CCC)N(C(=O)CN1C[C@H](c2cc(OC)c3c(c2)OCO3)[C@H](C(=O)O)[C@H]1CCN1CCCC1=O)c1ccc(F)c(C)c1. The van der Waals surface area contributed by atoms with Crippen molar-refractivity contribution in [1.29, 1.82) is 0 Å². The lowest BCUT2D eigenvalue weighted by molar-refractivity contribution is -0.143. The Balaban J connectivity index is 1.50. The highest BCUT2D eigenvalue weighted by molar-refractivity contribution is 5.95. The number of carboxylic acids is 1. The number of likely N-dealkylation sites (tertiary alicyclic amines) is 2. The summed E-state index contributed by atoms with van der Waals surface area (Å²) in [6, 6.07) is 7.78. The Bertz CT molecular complexity index is 1430. The second-order valence-electron chi connectivity index (χ2n) is 12.6. The van der Waals surface area contributed by atoms with E-state index in [9.17, 15) is 23.9 Å². The maximum absolute atomic E-state index is 14.4. The number of nitrogens with zero attached hydrogens (tertiary/aromatic N) is 3. The van der Waals surface area contributed by atoms with Gasteiger partial charge in [-0.2, -0.15) is 0 Å². The highest BCUT2D eigenvalue weighted by Gasteiger charge is 2.48. The molecular weight excluding hydrogens is 593 g/mol. The Morgan fingerprint density at radius 3 is 2.54 bits per heavy atom. The van der Waals surface area contributed by atoms with E-state index in [1.165, 1.54) is 13.2 Å². The zero-order valence-electron chi connectivity index (χ0n) is 27.3. The highest BCUT2D eigenvalue weighted by Crippen LogP contribution is 2.47. The van der Waals surface area contributed by atoms with Gasteiger partial charge in [-0.15, -0.1) is 0 Å². The maximum atomic E-state index is 14.4. The molecule has 46 heavy (non-hydrogen) atoms. The van der Waals surface area contributed by atoms with E-state index in [1.807, 2.05) is 11.0 Å². The number of amides is 2. The first kappa shape index (κ1) is 33.5. The number of benzene rings is 2. The number of anilines is 1. The molecule has 2 aromatic carbocycles. The molecule has 2 aromatic rings. The molecule has 0 unspecified atom stereocenters. The van der Waals surface area contributed by atoms with Crippen LogP contribution in [-0.4, -0.2) is 84.9 Å². The summed E-state index contributed by atoms with van der Waals surface area (Å²) in [6.07, 6.45) is 5.02. The summed E-state index contributed by atoms with van der Waals surface area (Å²) >= 11 is 0. The fraction of sp³-hybridized carbons (Fsp3) is 0.571. The van der Waals surface area contributed by atoms with Gasteiger partial charge in [0.05, 0.1) is 19.6 Å². The third-order valence-corrected chi connectivity index (χ3v) is 9.64. The van der Waals surface area contributed by atoms with Crippen LogP contribution in [0.1, 0.15) is 75.8 Å². The van der Waals surface area contributed by atoms with Gasteiger partial charge < -0.3 is 29.1 Å². The van der Waals surface area contributed by atoms with E-state index < -0.39 is 23.8 Å². The number of aliphatic carboxylic acids is 1. The third kappa shape index (κ3) is 6.94. The number of carbonyl (C=O) groups is 3. The molecule has 2 amide bonds. The summed E-state index contributed by atoms with van der Waals surface area (Å²) in [5, 5.41) is 10.7. The van der Waals surface area contributed by atoms with Crippen LogP contribution >= 0.6 is 0 Å². The van der Waals surface area contributed by atoms with E-state index in [1.54, 1.807) is 34.9 Å². The first-order valence-electron chi connectivity index (χ1n) is 16.5. The monoisotopic (exact) mass is 639 g/mol. The molecule has 11 heteroatoms. The number of ether oxygens (including phenoxy) is 3. The van der Waals surface area contributed by atoms with Crippen molar-refractivity contribution in [3.8, 4) is 17.2 Å². The van der Waals surface area contributed by atoms with Crippen LogP contribution < -0.4 is 19.1 Å². The molecule has 0 radical (unpaired) electrons. The van der Waals surface area contributed by atoms with Gasteiger partial charge in [0.15, 0.2) is 11.5 Å². The van der Waals surface area contributed by atoms with Crippen molar-refractivity contribution in [2.75, 3.05) is 45.0 Å². The number of carbonyl (C=O) groups excluding carboxylic acids is 2. The van der Waals surface area contributed by atoms with Crippen molar-refractivity contribution in [2.24, 2.45) is 5.92 Å². The van der Waals surface area contributed by atoms with E-state index >= 15 is 0 Å². The molecule has 0 spiro atoms. The summed E-state index contributed by atoms with van der Waals surface area (Å²) in [7, 11) is 1.53. The fourth-order valence-corrected chi connectivity index (χ4v) is 7.44. The third-order valence-electron chi connectivity index (χ3n) is 9.64. The van der Waals surface area contributed by atoms with Crippen LogP contribution in [0.2, 0.25) is 0 Å². The molecule has 3 aliphatic rings. The zero-order chi connectivity index (χ0) is 33.0. The molecule has 2 fully saturated rings. The molecule has 0 bridgehead atoms. The van der Waals surface area contributed by atoms with Gasteiger partial charge in [0.1, 0.15) is 5.82 Å². The van der Waals surface area contributed by atoms with Gasteiger partial charge in [-0.1, -0.05) is 26.7 Å². The minimum absolute atomic E-state index is 0.0130. The number of hydrogen-bond acceptors (Lipinski definition) is 7. The van der Waals surface area contributed by atoms with E-state index in [-0.39, 0.29) is 37.0 Å². The number of carboxylic acid groups (broad SMARTS) is 1. The van der Waals surface area contributed by atoms with Gasteiger partial charge in [0.25, 0.3) is 0 Å². The molecule has 3 atom stereocenters. The second kappa shape index (κ2) is 14.7. The van der Waals surface area contributed by atoms with Gasteiger partial charge in [-0.05, 0) is 74.1 Å². The molecule has 5 rings (SSSR count). The largest absolute Gasteiger partial charge is 0.493 e. The molecule has 3 aliphatic heterocycles. The first-order valence-corrected chi connectivity index (χ1v) is 16.5. The van der Waals surface area contributed by atoms with Gasteiger partial charge in [0, 0.05) is 49.7 Å². The number of rotatable bonds is 14. The summed E-state index contributed by atoms with van der Waals surface area (Å²) in [4.78, 5) is 45.5. The van der Waals surface area contributed by atoms with Crippen molar-refractivity contribution in [1.82, 2.24) is 9.80 Å². The topological polar surface area (TPSA) is 109 Å². The number of methoxy groups -OCH3 is 1. The van der Waals surface area contributed by atoms with Gasteiger partial charge in [-0.3, -0.25) is 19.3 Å². The van der Waals surface area contributed by atoms with Gasteiger partial charge in [-0.25, -0.2) is 4.39 Å². The summed E-state index contributed by atoms with van der Waals surface area (Å²) < 4.78 is 31.1. The van der Waals surface area contributed by atoms with Crippen LogP contribution in [-0.2, 0) is 14.4 Å². The Labute approximate surface area is 270 Å². The average molecular weight is 640 g/mol. The molecule has 0 saturated carbocycles. The van der Waals surface area contributed by atoms with Crippen molar-refractivity contribution in [3.05, 3.63) is 47.3 Å². The predicted octanol–water partition coefficient (Wildman–Crippen LogP) is 5.35. The van der Waals surface area contributed by atoms with Crippen molar-refractivity contribution >= 4 is 23.5 Å². The van der Waals surface area contributed by atoms with E-state index in [0.717, 1.165) is 37.7 Å². The maximum Gasteiger partial charge on any atom is 0.308 e. The van der Waals surface area contributed by atoms with Crippen LogP contribution in [0.4, 0.5) is 10.1 Å². The standard InChI is InChI=1S/C35H46FN3O7/c1-5-8-24(9-6-2)39(25-11-12-27(36)22(3)16-25)32(41)20-38-19-26(23-17-29(44-4)34-30(18-23)45-21-46-34)33(35(42)43)28(38)13-15-37-14-7-10-31(37)40/h11-12,16-18,24,26,28,33H,5-10,13-15,19-21H2,1-4H3,(H,42,43)/t26-,28-,33+/m1/s1. The average Bonchev–Trinajstić information content (AvgIpc) is 3.76. The van der Waals surface area contributed by atoms with E-state index in [0.29, 0.717) is 61.0 Å². The summed E-state index contributed by atoms with van der Waals surface area (Å²) in [5.41, 5.74) is 1.83. The lowest BCUT2D eigenvalue weighted by Crippen LogP contribution is -2.48. The molecule has 250 valence electrons. The highest BCUT2D eigenvalue weighted by atomic mass is 19.1. The van der Waals surface area contributed by atoms with E-state index in [2.05, 4.69) is 13.8 Å². The predicted molar refractivity (Wildman–Crippen MR) is 171 cm³/mol. The molecular formula is C35H46FN3O7. The van der Waals surface area contributed by atoms with Crippen LogP contribution in [0.5, 0.6) is 17.2 Å². The van der Waals surface area contributed by atoms with Crippen LogP contribution in [0, 0.1) is 18.7 Å². The number of aryl methyl sites for hydroxylation is 1. The van der Waals surface area contributed by atoms with Crippen molar-refractivity contribution in [3.63, 3.8) is 0 Å². The summed E-state index contributed by atoms with van der Waals surface area (Å²) in [6.45, 7) is 7.27. The Kier molecular flexibility index (Phi) is 10.7. The molecule has 0 aromatic heterocycles. The smallest absolute Gasteiger partial charge is 0.308 e. The normalized spacial score (nSPS) is 21.0. The molecule has 10 nitrogen and oxygen atoms in total. The minimum atomic E-state index is -0.963. The quantitative estimate of drug-likeness (QED) is 0.295. The molecule has 1 N–H and O–H groups in total. The van der Waals surface area contributed by atoms with E-state index in [4.69, 9.17) is 14.2 Å². The van der Waals surface area contributed by atoms with Gasteiger partial charge in [0.2, 0.25) is 24.4 Å². The van der Waals surface area contributed by atoms with Crippen LogP contribution in [0.15, 0.2) is 30.3 Å². The number of fused-ring (bicyclic) bond motifs is 1. The summed E-state index contributed by atoms with van der Waals surface area (Å²) in [5.74, 6) is -1.27. The Hall–Kier alpha value is -3.86. The molecule has 2 saturated heterocycles. The lowest BCUT2D eigenvalue weighted by Gasteiger charge is -2.35. The van der Waals surface area contributed by atoms with Gasteiger partial charge >= 0.3 is 5.97 Å². The van der Waals surface area contributed by atoms with Crippen molar-refractivity contribution in [2.45, 2.75) is 83.7 Å². The number of hydrogen-bond donors (Lipinski definition) is 1. The van der Waals surface area contributed by atoms with Crippen molar-refractivity contribution < 1.29 is 38.1 Å². The fourth-order valence-electron chi connectivity index (χ4n) is 7.44. The second-order valence-corrected chi connectivity index (χ2v) is 12.6. The minimum Gasteiger partial charge on any atom is -0.493 e. The Morgan fingerprint density at radius 2 is 1.91 bits per heavy atom. The Morgan fingerprint density at radius 1 is 1.15 bits per heavy atom. The first-order chi connectivity index (χ1) is 22.2. The number of halogens is 1. The lowest BCUT2D eigenvalue weighted by atomic mass is 9.84. The molecule has 0 aliphatic carbocycles. The molecule has 3 heterocycles. The van der Waals surface area contributed by atoms with Crippen LogP contribution in [0.25, 0.3) is 0 Å². The zero-order valence-corrected chi connectivity index (χ0v) is 27.3. The van der Waals surface area contributed by atoms with Crippen LogP contribution in [0.3, 0.4) is 0 Å².